The quantitative estimate of drug-likeness (QED) is 0.659. The van der Waals surface area contributed by atoms with Crippen LogP contribution in [0.25, 0.3) is 10.9 Å². The Morgan fingerprint density at radius 3 is 3.00 bits per heavy atom. The molecular formula is C12H12BrNO3. The highest BCUT2D eigenvalue weighted by Crippen LogP contribution is 2.26. The lowest BCUT2D eigenvalue weighted by molar-refractivity contribution is 0.0691. The van der Waals surface area contributed by atoms with E-state index >= 15 is 0 Å². The number of hydrogen-bond acceptors (Lipinski definition) is 2. The average Bonchev–Trinajstić information content (AvgIpc) is 2.74. The summed E-state index contributed by atoms with van der Waals surface area (Å²) >= 11 is 3.33. The van der Waals surface area contributed by atoms with Crippen molar-refractivity contribution in [1.82, 2.24) is 4.98 Å². The Bertz CT molecular complexity index is 536. The normalized spacial score (nSPS) is 10.6. The van der Waals surface area contributed by atoms with Crippen LogP contribution in [0.2, 0.25) is 0 Å². The van der Waals surface area contributed by atoms with Crippen LogP contribution in [-0.4, -0.2) is 28.0 Å². The van der Waals surface area contributed by atoms with Crippen molar-refractivity contribution < 1.29 is 14.6 Å². The molecule has 0 saturated heterocycles. The Balaban J connectivity index is 2.32. The Morgan fingerprint density at radius 1 is 1.47 bits per heavy atom. The first-order valence-corrected chi connectivity index (χ1v) is 6.38. The Labute approximate surface area is 107 Å². The lowest BCUT2D eigenvalue weighted by Crippen LogP contribution is -1.97. The van der Waals surface area contributed by atoms with Crippen molar-refractivity contribution in [2.24, 2.45) is 0 Å². The number of H-pyrrole nitrogens is 1. The molecule has 0 saturated carbocycles. The predicted molar refractivity (Wildman–Crippen MR) is 69.2 cm³/mol. The summed E-state index contributed by atoms with van der Waals surface area (Å²) < 4.78 is 5.61. The lowest BCUT2D eigenvalue weighted by atomic mass is 10.2. The van der Waals surface area contributed by atoms with Crippen molar-refractivity contribution in [2.45, 2.75) is 6.42 Å². The van der Waals surface area contributed by atoms with Gasteiger partial charge < -0.3 is 14.8 Å². The maximum Gasteiger partial charge on any atom is 0.352 e. The van der Waals surface area contributed by atoms with Crippen LogP contribution in [-0.2, 0) is 0 Å². The maximum atomic E-state index is 10.9. The van der Waals surface area contributed by atoms with Crippen molar-refractivity contribution in [2.75, 3.05) is 11.9 Å². The summed E-state index contributed by atoms with van der Waals surface area (Å²) in [6.07, 6.45) is 0.909. The molecule has 0 unspecified atom stereocenters. The van der Waals surface area contributed by atoms with E-state index in [0.717, 1.165) is 22.7 Å². The molecule has 0 aliphatic heterocycles. The molecule has 5 heteroatoms. The number of aromatic carboxylic acids is 1. The van der Waals surface area contributed by atoms with Crippen molar-refractivity contribution >= 4 is 32.8 Å². The van der Waals surface area contributed by atoms with Crippen LogP contribution in [0.1, 0.15) is 16.9 Å². The number of rotatable bonds is 5. The third kappa shape index (κ3) is 2.61. The average molecular weight is 298 g/mol. The Hall–Kier alpha value is -1.49. The van der Waals surface area contributed by atoms with Crippen LogP contribution < -0.4 is 4.74 Å². The number of fused-ring (bicyclic) bond motifs is 1. The second-order valence-corrected chi connectivity index (χ2v) is 4.39. The number of aromatic nitrogens is 1. The summed E-state index contributed by atoms with van der Waals surface area (Å²) in [5.41, 5.74) is 0.954. The molecule has 0 aliphatic rings. The molecule has 0 radical (unpaired) electrons. The van der Waals surface area contributed by atoms with Crippen LogP contribution in [0, 0.1) is 0 Å². The van der Waals surface area contributed by atoms with Gasteiger partial charge in [-0.3, -0.25) is 0 Å². The number of carboxylic acid groups (broad SMARTS) is 1. The third-order valence-electron chi connectivity index (χ3n) is 2.39. The molecule has 1 aromatic heterocycles. The summed E-state index contributed by atoms with van der Waals surface area (Å²) in [6, 6.07) is 7.12. The molecule has 2 rings (SSSR count). The Morgan fingerprint density at radius 2 is 2.29 bits per heavy atom. The van der Waals surface area contributed by atoms with Gasteiger partial charge in [-0.25, -0.2) is 4.79 Å². The fourth-order valence-electron chi connectivity index (χ4n) is 1.61. The summed E-state index contributed by atoms with van der Waals surface area (Å²) in [7, 11) is 0. The molecule has 2 aromatic rings. The second-order valence-electron chi connectivity index (χ2n) is 3.60. The van der Waals surface area contributed by atoms with E-state index in [1.54, 1.807) is 6.07 Å². The number of carboxylic acids is 1. The molecule has 0 fully saturated rings. The number of halogens is 1. The molecule has 0 amide bonds. The third-order valence-corrected chi connectivity index (χ3v) is 2.95. The molecule has 2 N–H and O–H groups in total. The first-order chi connectivity index (χ1) is 8.22. The number of aromatic amines is 1. The molecule has 4 nitrogen and oxygen atoms in total. The topological polar surface area (TPSA) is 62.3 Å². The summed E-state index contributed by atoms with van der Waals surface area (Å²) in [6.45, 7) is 0.609. The van der Waals surface area contributed by atoms with Gasteiger partial charge in [0.25, 0.3) is 0 Å². The fourth-order valence-corrected chi connectivity index (χ4v) is 1.83. The highest BCUT2D eigenvalue weighted by atomic mass is 79.9. The van der Waals surface area contributed by atoms with Gasteiger partial charge in [-0.05, 0) is 24.6 Å². The van der Waals surface area contributed by atoms with Crippen molar-refractivity contribution in [3.05, 3.63) is 30.0 Å². The van der Waals surface area contributed by atoms with Gasteiger partial charge in [0.05, 0.1) is 6.61 Å². The minimum Gasteiger partial charge on any atom is -0.493 e. The van der Waals surface area contributed by atoms with E-state index in [2.05, 4.69) is 20.9 Å². The van der Waals surface area contributed by atoms with E-state index in [9.17, 15) is 4.79 Å². The standard InChI is InChI=1S/C12H12BrNO3/c13-5-2-6-17-11-4-1-3-9-8(11)7-10(14-9)12(15)16/h1,3-4,7,14H,2,5-6H2,(H,15,16). The van der Waals surface area contributed by atoms with Crippen molar-refractivity contribution in [3.63, 3.8) is 0 Å². The molecule has 0 aliphatic carbocycles. The summed E-state index contributed by atoms with van der Waals surface area (Å²) in [5.74, 6) is -0.250. The molecule has 90 valence electrons. The zero-order chi connectivity index (χ0) is 12.3. The lowest BCUT2D eigenvalue weighted by Gasteiger charge is -2.05. The predicted octanol–water partition coefficient (Wildman–Crippen LogP) is 3.03. The molecule has 0 atom stereocenters. The van der Waals surface area contributed by atoms with Crippen molar-refractivity contribution in [1.29, 1.82) is 0 Å². The SMILES string of the molecule is O=C(O)c1cc2c(OCCCBr)cccc2[nH]1. The van der Waals surface area contributed by atoms with Crippen LogP contribution in [0.15, 0.2) is 24.3 Å². The number of ether oxygens (including phenoxy) is 1. The maximum absolute atomic E-state index is 10.9. The van der Waals surface area contributed by atoms with Gasteiger partial charge >= 0.3 is 5.97 Å². The number of hydrogen-bond donors (Lipinski definition) is 2. The van der Waals surface area contributed by atoms with Gasteiger partial charge in [-0.15, -0.1) is 0 Å². The van der Waals surface area contributed by atoms with Gasteiger partial charge in [-0.1, -0.05) is 22.0 Å². The van der Waals surface area contributed by atoms with Crippen LogP contribution in [0.5, 0.6) is 5.75 Å². The molecular weight excluding hydrogens is 286 g/mol. The van der Waals surface area contributed by atoms with Crippen LogP contribution >= 0.6 is 15.9 Å². The highest BCUT2D eigenvalue weighted by Gasteiger charge is 2.10. The minimum absolute atomic E-state index is 0.177. The van der Waals surface area contributed by atoms with Gasteiger partial charge in [0, 0.05) is 16.2 Å². The largest absolute Gasteiger partial charge is 0.493 e. The van der Waals surface area contributed by atoms with E-state index in [4.69, 9.17) is 9.84 Å². The first-order valence-electron chi connectivity index (χ1n) is 5.26. The van der Waals surface area contributed by atoms with E-state index in [0.29, 0.717) is 12.4 Å². The van der Waals surface area contributed by atoms with Crippen molar-refractivity contribution in [3.8, 4) is 5.75 Å². The second kappa shape index (κ2) is 5.23. The van der Waals surface area contributed by atoms with Gasteiger partial charge in [0.1, 0.15) is 11.4 Å². The molecule has 1 aromatic carbocycles. The van der Waals surface area contributed by atoms with Gasteiger partial charge in [0.15, 0.2) is 0 Å². The number of benzene rings is 1. The zero-order valence-electron chi connectivity index (χ0n) is 9.07. The Kier molecular flexibility index (Phi) is 3.68. The summed E-state index contributed by atoms with van der Waals surface area (Å²) in [4.78, 5) is 13.7. The van der Waals surface area contributed by atoms with E-state index in [1.165, 1.54) is 0 Å². The smallest absolute Gasteiger partial charge is 0.352 e. The summed E-state index contributed by atoms with van der Waals surface area (Å²) in [5, 5.41) is 10.6. The zero-order valence-corrected chi connectivity index (χ0v) is 10.7. The monoisotopic (exact) mass is 297 g/mol. The fraction of sp³-hybridized carbons (Fsp3) is 0.250. The number of carbonyl (C=O) groups is 1. The van der Waals surface area contributed by atoms with Crippen LogP contribution in [0.3, 0.4) is 0 Å². The first kappa shape index (κ1) is 12.0. The van der Waals surface area contributed by atoms with Gasteiger partial charge in [-0.2, -0.15) is 0 Å². The van der Waals surface area contributed by atoms with E-state index < -0.39 is 5.97 Å². The van der Waals surface area contributed by atoms with E-state index in [1.807, 2.05) is 18.2 Å². The number of nitrogens with one attached hydrogen (secondary N) is 1. The molecule has 17 heavy (non-hydrogen) atoms. The minimum atomic E-state index is -0.965. The van der Waals surface area contributed by atoms with Crippen LogP contribution in [0.4, 0.5) is 0 Å². The number of alkyl halides is 1. The van der Waals surface area contributed by atoms with Gasteiger partial charge in [0.2, 0.25) is 0 Å². The highest BCUT2D eigenvalue weighted by molar-refractivity contribution is 9.09. The molecule has 0 spiro atoms. The van der Waals surface area contributed by atoms with E-state index in [-0.39, 0.29) is 5.69 Å². The molecule has 1 heterocycles. The molecule has 0 bridgehead atoms.